The van der Waals surface area contributed by atoms with E-state index in [1.54, 1.807) is 0 Å². The molecule has 2 aromatic heterocycles. The van der Waals surface area contributed by atoms with Gasteiger partial charge in [-0.05, 0) is 39.3 Å². The number of fused-ring (bicyclic) bond motifs is 13. The van der Waals surface area contributed by atoms with Gasteiger partial charge >= 0.3 is 6.85 Å². The number of aromatic nitrogens is 2. The first-order valence-corrected chi connectivity index (χ1v) is 18.0. The highest BCUT2D eigenvalue weighted by Crippen LogP contribution is 2.54. The van der Waals surface area contributed by atoms with Gasteiger partial charge in [-0.3, -0.25) is 0 Å². The van der Waals surface area contributed by atoms with Gasteiger partial charge in [-0.1, -0.05) is 163 Å². The fraction of sp³-hybridized carbons (Fsp3) is 0. The predicted molar refractivity (Wildman–Crippen MR) is 218 cm³/mol. The van der Waals surface area contributed by atoms with Gasteiger partial charge in [-0.15, -0.1) is 11.3 Å². The minimum atomic E-state index is -0.446. The molecule has 0 unspecified atom stereocenters. The molecule has 0 N–H and O–H groups in total. The van der Waals surface area contributed by atoms with Crippen LogP contribution < -0.4 is 15.7 Å². The van der Waals surface area contributed by atoms with Gasteiger partial charge in [0.05, 0.1) is 14.0 Å². The fourth-order valence-corrected chi connectivity index (χ4v) is 9.41. The third-order valence-corrected chi connectivity index (χ3v) is 11.5. The average molecular weight is 668 g/mol. The Labute approximate surface area is 302 Å². The predicted octanol–water partition coefficient (Wildman–Crippen LogP) is 10.9. The molecule has 0 radical (unpaired) electrons. The van der Waals surface area contributed by atoms with E-state index < -0.39 is 6.85 Å². The van der Waals surface area contributed by atoms with E-state index in [0.717, 1.165) is 71.4 Å². The largest absolute Gasteiger partial charge is 0.345 e. The molecule has 3 nitrogen and oxygen atoms in total. The molecule has 1 aliphatic rings. The summed E-state index contributed by atoms with van der Waals surface area (Å²) in [5, 5.41) is 7.32. The van der Waals surface area contributed by atoms with Gasteiger partial charge in [0.25, 0.3) is 0 Å². The molecule has 3 heterocycles. The van der Waals surface area contributed by atoms with Crippen molar-refractivity contribution in [3.05, 3.63) is 170 Å². The smallest absolute Gasteiger partial charge is 0.332 e. The summed E-state index contributed by atoms with van der Waals surface area (Å²) in [6, 6.07) is 55.0. The maximum absolute atomic E-state index is 9.83. The number of anilines is 2. The van der Waals surface area contributed by atoms with Crippen LogP contribution in [-0.2, 0) is 0 Å². The highest BCUT2D eigenvalue weighted by molar-refractivity contribution is 7.27. The van der Waals surface area contributed by atoms with E-state index in [2.05, 4.69) is 120 Å². The summed E-state index contributed by atoms with van der Waals surface area (Å²) in [7, 11) is 0. The van der Waals surface area contributed by atoms with E-state index in [9.17, 15) is 1.37 Å². The first-order valence-electron chi connectivity index (χ1n) is 18.2. The Morgan fingerprint density at radius 3 is 2.06 bits per heavy atom. The van der Waals surface area contributed by atoms with E-state index in [4.69, 9.17) is 11.3 Å². The van der Waals surface area contributed by atoms with Crippen LogP contribution in [0.1, 0.15) is 2.74 Å². The quantitative estimate of drug-likeness (QED) is 0.176. The zero-order chi connectivity index (χ0) is 35.2. The molecule has 0 fully saturated rings. The number of para-hydroxylation sites is 1. The van der Waals surface area contributed by atoms with E-state index in [1.165, 1.54) is 20.2 Å². The van der Waals surface area contributed by atoms with Crippen molar-refractivity contribution in [1.29, 1.82) is 0 Å². The van der Waals surface area contributed by atoms with Crippen molar-refractivity contribution >= 4 is 93.4 Å². The average Bonchev–Trinajstić information content (AvgIpc) is 3.61. The molecule has 11 rings (SSSR count). The third kappa shape index (κ3) is 4.19. The second kappa shape index (κ2) is 11.1. The SMILES string of the molecule is [2H]c1cc2c([2H])cccc2c2c1B(c1ccccc1)N(c1nc(-c3ccccc3)c3ccccc3n1)c1c-2c2ccccc2c2sc3ccccc3c12. The van der Waals surface area contributed by atoms with Crippen LogP contribution in [-0.4, -0.2) is 16.8 Å². The number of hydrogen-bond donors (Lipinski definition) is 0. The minimum Gasteiger partial charge on any atom is -0.345 e. The maximum atomic E-state index is 9.83. The lowest BCUT2D eigenvalue weighted by atomic mass is 9.45. The number of rotatable bonds is 3. The molecule has 0 bridgehead atoms. The lowest BCUT2D eigenvalue weighted by Gasteiger charge is -2.39. The van der Waals surface area contributed by atoms with Gasteiger partial charge in [-0.25, -0.2) is 9.97 Å². The van der Waals surface area contributed by atoms with Crippen LogP contribution in [0.3, 0.4) is 0 Å². The lowest BCUT2D eigenvalue weighted by molar-refractivity contribution is 1.16. The van der Waals surface area contributed by atoms with E-state index in [-0.39, 0.29) is 0 Å². The highest BCUT2D eigenvalue weighted by Gasteiger charge is 2.42. The van der Waals surface area contributed by atoms with Crippen LogP contribution >= 0.6 is 11.3 Å². The van der Waals surface area contributed by atoms with Gasteiger partial charge in [0.2, 0.25) is 5.95 Å². The lowest BCUT2D eigenvalue weighted by Crippen LogP contribution is -2.58. The van der Waals surface area contributed by atoms with E-state index >= 15 is 0 Å². The maximum Gasteiger partial charge on any atom is 0.332 e. The molecule has 8 aromatic carbocycles. The monoisotopic (exact) mass is 667 g/mol. The molecule has 0 atom stereocenters. The highest BCUT2D eigenvalue weighted by atomic mass is 32.1. The van der Waals surface area contributed by atoms with Crippen LogP contribution in [0.2, 0.25) is 0 Å². The molecule has 0 aliphatic carbocycles. The normalized spacial score (nSPS) is 13.2. The second-order valence-corrected chi connectivity index (χ2v) is 14.1. The summed E-state index contributed by atoms with van der Waals surface area (Å²) in [5.74, 6) is 0.573. The fourth-order valence-electron chi connectivity index (χ4n) is 8.17. The Morgan fingerprint density at radius 1 is 0.549 bits per heavy atom. The molecular weight excluding hydrogens is 637 g/mol. The number of thiophene rings is 1. The zero-order valence-electron chi connectivity index (χ0n) is 29.3. The summed E-state index contributed by atoms with van der Waals surface area (Å²) in [4.78, 5) is 13.3. The third-order valence-electron chi connectivity index (χ3n) is 10.3. The molecule has 5 heteroatoms. The Balaban J connectivity index is 1.40. The molecule has 1 aliphatic heterocycles. The van der Waals surface area contributed by atoms with Crippen LogP contribution in [0.25, 0.3) is 75.0 Å². The van der Waals surface area contributed by atoms with Crippen LogP contribution in [0.15, 0.2) is 170 Å². The molecule has 0 saturated carbocycles. The molecule has 10 aromatic rings. The molecule has 0 amide bonds. The van der Waals surface area contributed by atoms with Crippen molar-refractivity contribution in [2.24, 2.45) is 0 Å². The van der Waals surface area contributed by atoms with Crippen molar-refractivity contribution < 1.29 is 2.74 Å². The Kier molecular flexibility index (Phi) is 5.78. The van der Waals surface area contributed by atoms with Gasteiger partial charge in [0, 0.05) is 47.8 Å². The summed E-state index contributed by atoms with van der Waals surface area (Å²) in [6.07, 6.45) is 0. The van der Waals surface area contributed by atoms with Crippen molar-refractivity contribution in [3.63, 3.8) is 0 Å². The Hall–Kier alpha value is -6.30. The molecule has 0 spiro atoms. The van der Waals surface area contributed by atoms with Crippen LogP contribution in [0, 0.1) is 0 Å². The minimum absolute atomic E-state index is 0.389. The summed E-state index contributed by atoms with van der Waals surface area (Å²) in [5.41, 5.74) is 7.71. The molecular formula is C46H28BN3S. The van der Waals surface area contributed by atoms with Crippen molar-refractivity contribution in [1.82, 2.24) is 9.97 Å². The first kappa shape index (κ1) is 26.6. The summed E-state index contributed by atoms with van der Waals surface area (Å²) >= 11 is 1.82. The van der Waals surface area contributed by atoms with Gasteiger partial charge in [-0.2, -0.15) is 0 Å². The zero-order valence-corrected chi connectivity index (χ0v) is 28.2. The Bertz CT molecular complexity index is 3110. The van der Waals surface area contributed by atoms with Gasteiger partial charge < -0.3 is 4.81 Å². The molecule has 51 heavy (non-hydrogen) atoms. The van der Waals surface area contributed by atoms with Crippen molar-refractivity contribution in [3.8, 4) is 22.4 Å². The standard InChI is InChI=1S/C46H28BN3S/c1-3-16-30(17-4-1)43-35-23-11-13-25-38(35)48-46(49-43)50-44-41(33-21-9-10-22-34(33)45-42(44)36-24-12-14-26-39(36)51-45)40-32-20-8-7-15-29(32)27-28-37(40)47(50)31-18-5-2-6-19-31/h1-28H/i15D,28D. The summed E-state index contributed by atoms with van der Waals surface area (Å²) < 4.78 is 21.2. The van der Waals surface area contributed by atoms with Crippen molar-refractivity contribution in [2.75, 3.05) is 4.81 Å². The van der Waals surface area contributed by atoms with E-state index in [1.807, 2.05) is 53.8 Å². The molecule has 0 saturated heterocycles. The second-order valence-electron chi connectivity index (χ2n) is 13.1. The number of nitrogens with zero attached hydrogens (tertiary/aromatic N) is 3. The van der Waals surface area contributed by atoms with Crippen LogP contribution in [0.4, 0.5) is 11.6 Å². The number of hydrogen-bond acceptors (Lipinski definition) is 4. The Morgan fingerprint density at radius 2 is 1.22 bits per heavy atom. The first-order chi connectivity index (χ1) is 26.2. The topological polar surface area (TPSA) is 29.0 Å². The summed E-state index contributed by atoms with van der Waals surface area (Å²) in [6.45, 7) is -0.446. The van der Waals surface area contributed by atoms with Gasteiger partial charge in [0.15, 0.2) is 0 Å². The van der Waals surface area contributed by atoms with Gasteiger partial charge in [0.1, 0.15) is 0 Å². The molecule has 236 valence electrons. The number of benzene rings is 8. The van der Waals surface area contributed by atoms with Crippen LogP contribution in [0.5, 0.6) is 0 Å². The van der Waals surface area contributed by atoms with E-state index in [0.29, 0.717) is 18.0 Å². The van der Waals surface area contributed by atoms with Crippen molar-refractivity contribution in [2.45, 2.75) is 0 Å².